The molecule has 0 unspecified atom stereocenters. The van der Waals surface area contributed by atoms with E-state index in [4.69, 9.17) is 4.42 Å². The van der Waals surface area contributed by atoms with Gasteiger partial charge in [0, 0.05) is 13.1 Å². The molecule has 1 saturated heterocycles. The van der Waals surface area contributed by atoms with Crippen LogP contribution < -0.4 is 0 Å². The molecule has 3 aromatic rings. The van der Waals surface area contributed by atoms with Crippen LogP contribution in [0.1, 0.15) is 25.3 Å². The third-order valence-electron chi connectivity index (χ3n) is 5.16. The molecule has 0 spiro atoms. The van der Waals surface area contributed by atoms with Crippen LogP contribution in [0.15, 0.2) is 56.7 Å². The lowest BCUT2D eigenvalue weighted by atomic mass is 9.99. The Morgan fingerprint density at radius 3 is 2.62 bits per heavy atom. The highest BCUT2D eigenvalue weighted by atomic mass is 79.9. The summed E-state index contributed by atoms with van der Waals surface area (Å²) in [6.07, 6.45) is 2.16. The molecule has 0 bridgehead atoms. The molecule has 3 heterocycles. The Hall–Kier alpha value is -2.06. The van der Waals surface area contributed by atoms with Gasteiger partial charge < -0.3 is 9.32 Å². The largest absolute Gasteiger partial charge is 0.446 e. The van der Waals surface area contributed by atoms with Gasteiger partial charge in [0.2, 0.25) is 11.7 Å². The summed E-state index contributed by atoms with van der Waals surface area (Å²) in [7, 11) is 0. The molecule has 29 heavy (non-hydrogen) atoms. The number of thioether (sulfide) groups is 1. The van der Waals surface area contributed by atoms with Crippen LogP contribution in [0.25, 0.3) is 11.6 Å². The standard InChI is InChI=1S/C21H23BrN4O2S/c1-15-9-11-25(12-10-15)19(27)14-29-21-24-23-20(17-7-8-18(22)28-17)26(21)13-16-5-3-2-4-6-16/h2-8,15H,9-14H2,1H3. The van der Waals surface area contributed by atoms with Crippen LogP contribution in [0.4, 0.5) is 0 Å². The second-order valence-electron chi connectivity index (χ2n) is 7.33. The number of furan rings is 1. The number of hydrogen-bond acceptors (Lipinski definition) is 5. The summed E-state index contributed by atoms with van der Waals surface area (Å²) in [6.45, 7) is 4.56. The topological polar surface area (TPSA) is 64.2 Å². The van der Waals surface area contributed by atoms with E-state index in [9.17, 15) is 4.79 Å². The number of nitrogens with zero attached hydrogens (tertiary/aromatic N) is 4. The van der Waals surface area contributed by atoms with E-state index in [1.54, 1.807) is 0 Å². The van der Waals surface area contributed by atoms with Crippen molar-refractivity contribution in [2.75, 3.05) is 18.8 Å². The molecule has 1 aromatic carbocycles. The fourth-order valence-electron chi connectivity index (χ4n) is 3.40. The molecule has 6 nitrogen and oxygen atoms in total. The van der Waals surface area contributed by atoms with Gasteiger partial charge in [-0.15, -0.1) is 10.2 Å². The molecule has 1 aliphatic heterocycles. The predicted molar refractivity (Wildman–Crippen MR) is 117 cm³/mol. The third-order valence-corrected chi connectivity index (χ3v) is 6.53. The summed E-state index contributed by atoms with van der Waals surface area (Å²) in [4.78, 5) is 14.6. The highest BCUT2D eigenvalue weighted by Gasteiger charge is 2.22. The minimum absolute atomic E-state index is 0.165. The zero-order valence-electron chi connectivity index (χ0n) is 16.3. The van der Waals surface area contributed by atoms with E-state index < -0.39 is 0 Å². The molecule has 0 atom stereocenters. The smallest absolute Gasteiger partial charge is 0.233 e. The minimum atomic E-state index is 0.165. The summed E-state index contributed by atoms with van der Waals surface area (Å²) >= 11 is 4.78. The first kappa shape index (κ1) is 20.2. The maximum atomic E-state index is 12.7. The Morgan fingerprint density at radius 2 is 1.93 bits per heavy atom. The lowest BCUT2D eigenvalue weighted by molar-refractivity contribution is -0.129. The number of aromatic nitrogens is 3. The van der Waals surface area contributed by atoms with Gasteiger partial charge in [0.15, 0.2) is 15.6 Å². The number of carbonyl (C=O) groups excluding carboxylic acids is 1. The number of piperidine rings is 1. The monoisotopic (exact) mass is 474 g/mol. The molecule has 4 rings (SSSR count). The predicted octanol–water partition coefficient (Wildman–Crippen LogP) is 4.70. The number of rotatable bonds is 6. The maximum Gasteiger partial charge on any atom is 0.233 e. The van der Waals surface area contributed by atoms with Crippen molar-refractivity contribution in [3.63, 3.8) is 0 Å². The molecule has 0 saturated carbocycles. The van der Waals surface area contributed by atoms with E-state index >= 15 is 0 Å². The van der Waals surface area contributed by atoms with Crippen LogP contribution in [-0.2, 0) is 11.3 Å². The average Bonchev–Trinajstić information content (AvgIpc) is 3.33. The zero-order valence-corrected chi connectivity index (χ0v) is 18.7. The number of halogens is 1. The number of hydrogen-bond donors (Lipinski definition) is 0. The number of carbonyl (C=O) groups is 1. The van der Waals surface area contributed by atoms with Gasteiger partial charge in [0.1, 0.15) is 0 Å². The van der Waals surface area contributed by atoms with Crippen LogP contribution in [-0.4, -0.2) is 44.4 Å². The zero-order chi connectivity index (χ0) is 20.2. The van der Waals surface area contributed by atoms with Gasteiger partial charge >= 0.3 is 0 Å². The van der Waals surface area contributed by atoms with Gasteiger partial charge in [-0.3, -0.25) is 9.36 Å². The summed E-state index contributed by atoms with van der Waals surface area (Å²) in [5, 5.41) is 9.42. The van der Waals surface area contributed by atoms with E-state index in [0.717, 1.165) is 36.7 Å². The third kappa shape index (κ3) is 4.93. The van der Waals surface area contributed by atoms with Crippen LogP contribution in [0, 0.1) is 5.92 Å². The molecule has 1 fully saturated rings. The number of benzene rings is 1. The Labute approximate surface area is 182 Å². The quantitative estimate of drug-likeness (QED) is 0.484. The van der Waals surface area contributed by atoms with E-state index in [2.05, 4.69) is 45.2 Å². The normalized spacial score (nSPS) is 15.0. The summed E-state index contributed by atoms with van der Waals surface area (Å²) < 4.78 is 8.36. The second kappa shape index (κ2) is 9.17. The van der Waals surface area contributed by atoms with Gasteiger partial charge in [-0.2, -0.15) is 0 Å². The first-order valence-electron chi connectivity index (χ1n) is 9.73. The van der Waals surface area contributed by atoms with Gasteiger partial charge in [0.25, 0.3) is 0 Å². The molecule has 0 N–H and O–H groups in total. The van der Waals surface area contributed by atoms with Crippen LogP contribution in [0.5, 0.6) is 0 Å². The van der Waals surface area contributed by atoms with E-state index in [-0.39, 0.29) is 5.91 Å². The summed E-state index contributed by atoms with van der Waals surface area (Å²) in [5.74, 6) is 2.53. The van der Waals surface area contributed by atoms with Crippen molar-refractivity contribution >= 4 is 33.6 Å². The SMILES string of the molecule is CC1CCN(C(=O)CSc2nnc(-c3ccc(Br)o3)n2Cc2ccccc2)CC1. The van der Waals surface area contributed by atoms with Crippen molar-refractivity contribution in [3.8, 4) is 11.6 Å². The van der Waals surface area contributed by atoms with Crippen molar-refractivity contribution in [1.29, 1.82) is 0 Å². The first-order chi connectivity index (χ1) is 14.1. The molecule has 8 heteroatoms. The molecule has 0 radical (unpaired) electrons. The van der Waals surface area contributed by atoms with Gasteiger partial charge in [-0.05, 0) is 52.4 Å². The lowest BCUT2D eigenvalue weighted by Crippen LogP contribution is -2.38. The first-order valence-corrected chi connectivity index (χ1v) is 11.5. The van der Waals surface area contributed by atoms with Gasteiger partial charge in [-0.25, -0.2) is 0 Å². The fraction of sp³-hybridized carbons (Fsp3) is 0.381. The summed E-state index contributed by atoms with van der Waals surface area (Å²) in [5.41, 5.74) is 1.14. The van der Waals surface area contributed by atoms with Crippen molar-refractivity contribution in [2.24, 2.45) is 5.92 Å². The van der Waals surface area contributed by atoms with Crippen molar-refractivity contribution in [1.82, 2.24) is 19.7 Å². The van der Waals surface area contributed by atoms with Crippen LogP contribution in [0.2, 0.25) is 0 Å². The highest BCUT2D eigenvalue weighted by molar-refractivity contribution is 9.10. The molecule has 2 aromatic heterocycles. The average molecular weight is 475 g/mol. The minimum Gasteiger partial charge on any atom is -0.446 e. The lowest BCUT2D eigenvalue weighted by Gasteiger charge is -2.30. The number of likely N-dealkylation sites (tertiary alicyclic amines) is 1. The molecule has 1 amide bonds. The molecule has 1 aliphatic rings. The fourth-order valence-corrected chi connectivity index (χ4v) is 4.54. The Kier molecular flexibility index (Phi) is 6.40. The van der Waals surface area contributed by atoms with Crippen molar-refractivity contribution in [3.05, 3.63) is 52.7 Å². The second-order valence-corrected chi connectivity index (χ2v) is 9.06. The Bertz CT molecular complexity index is 964. The van der Waals surface area contributed by atoms with Crippen LogP contribution >= 0.6 is 27.7 Å². The summed E-state index contributed by atoms with van der Waals surface area (Å²) in [6, 6.07) is 13.8. The molecule has 0 aliphatic carbocycles. The molecular formula is C21H23BrN4O2S. The van der Waals surface area contributed by atoms with Crippen LogP contribution in [0.3, 0.4) is 0 Å². The molecule has 152 valence electrons. The van der Waals surface area contributed by atoms with Crippen molar-refractivity contribution in [2.45, 2.75) is 31.5 Å². The highest BCUT2D eigenvalue weighted by Crippen LogP contribution is 2.28. The van der Waals surface area contributed by atoms with Gasteiger partial charge in [-0.1, -0.05) is 49.0 Å². The van der Waals surface area contributed by atoms with E-state index in [1.807, 2.05) is 39.8 Å². The Morgan fingerprint density at radius 1 is 1.17 bits per heavy atom. The van der Waals surface area contributed by atoms with Crippen molar-refractivity contribution < 1.29 is 9.21 Å². The van der Waals surface area contributed by atoms with E-state index in [0.29, 0.717) is 34.5 Å². The Balaban J connectivity index is 1.53. The van der Waals surface area contributed by atoms with E-state index in [1.165, 1.54) is 11.8 Å². The molecular weight excluding hydrogens is 452 g/mol. The van der Waals surface area contributed by atoms with Gasteiger partial charge in [0.05, 0.1) is 12.3 Å². The maximum absolute atomic E-state index is 12.7. The number of amides is 1.